The monoisotopic (exact) mass is 188 g/mol. The van der Waals surface area contributed by atoms with Gasteiger partial charge in [-0.25, -0.2) is 6.67 Å². The van der Waals surface area contributed by atoms with Crippen molar-refractivity contribution in [2.75, 3.05) is 13.1 Å². The minimum Gasteiger partial charge on any atom is -0.456 e. The van der Waals surface area contributed by atoms with E-state index in [0.29, 0.717) is 0 Å². The van der Waals surface area contributed by atoms with E-state index < -0.39 is 0 Å². The number of rotatable bonds is 0. The second-order valence-corrected chi connectivity index (χ2v) is 1.41. The summed E-state index contributed by atoms with van der Waals surface area (Å²) >= 11 is 0. The van der Waals surface area contributed by atoms with Crippen molar-refractivity contribution < 1.29 is 19.5 Å². The van der Waals surface area contributed by atoms with Gasteiger partial charge in [-0.2, -0.15) is 0 Å². The van der Waals surface area contributed by atoms with Gasteiger partial charge in [0.25, 0.3) is 0 Å². The molecule has 2 nitrogen and oxygen atoms in total. The Morgan fingerprint density at radius 2 is 1.71 bits per heavy atom. The maximum absolute atomic E-state index is 3.05. The van der Waals surface area contributed by atoms with E-state index in [0.717, 1.165) is 13.1 Å². The topological polar surface area (TPSA) is 24.1 Å². The summed E-state index contributed by atoms with van der Waals surface area (Å²) < 4.78 is 0. The molecular formula is C4H9N2Rh-. The van der Waals surface area contributed by atoms with Crippen LogP contribution in [0.5, 0.6) is 0 Å². The third-order valence-electron chi connectivity index (χ3n) is 0.846. The van der Waals surface area contributed by atoms with Crippen LogP contribution < -0.4 is 10.6 Å². The fraction of sp³-hybridized carbons (Fsp3) is 0.750. The first-order chi connectivity index (χ1) is 3.00. The van der Waals surface area contributed by atoms with E-state index in [1.165, 1.54) is 6.42 Å². The van der Waals surface area contributed by atoms with E-state index in [1.54, 1.807) is 0 Å². The Morgan fingerprint density at radius 3 is 1.86 bits per heavy atom. The molecule has 1 aliphatic rings. The average molecular weight is 188 g/mol. The molecule has 0 bridgehead atoms. The van der Waals surface area contributed by atoms with E-state index in [1.807, 2.05) is 6.67 Å². The summed E-state index contributed by atoms with van der Waals surface area (Å²) in [5.74, 6) is 0. The van der Waals surface area contributed by atoms with Crippen LogP contribution in [-0.2, 0) is 19.5 Å². The second-order valence-electron chi connectivity index (χ2n) is 1.41. The molecule has 1 fully saturated rings. The minimum absolute atomic E-state index is 0. The van der Waals surface area contributed by atoms with Crippen LogP contribution in [0.25, 0.3) is 0 Å². The molecule has 0 spiro atoms. The number of nitrogens with one attached hydrogen (secondary N) is 2. The van der Waals surface area contributed by atoms with Crippen LogP contribution in [0.4, 0.5) is 0 Å². The predicted octanol–water partition coefficient (Wildman–Crippen LogP) is -0.314. The summed E-state index contributed by atoms with van der Waals surface area (Å²) in [6.45, 7) is 4.16. The van der Waals surface area contributed by atoms with Gasteiger partial charge < -0.3 is 10.6 Å². The third kappa shape index (κ3) is 3.15. The molecule has 2 N–H and O–H groups in total. The van der Waals surface area contributed by atoms with Crippen molar-refractivity contribution in [3.05, 3.63) is 6.67 Å². The molecule has 1 rings (SSSR count). The molecule has 0 aromatic rings. The Kier molecular flexibility index (Phi) is 5.06. The molecule has 0 aromatic carbocycles. The van der Waals surface area contributed by atoms with Crippen LogP contribution in [0.3, 0.4) is 0 Å². The van der Waals surface area contributed by atoms with Crippen molar-refractivity contribution in [2.45, 2.75) is 6.42 Å². The normalized spacial score (nSPS) is 20.6. The molecule has 0 aromatic heterocycles. The molecule has 0 saturated carbocycles. The van der Waals surface area contributed by atoms with Crippen LogP contribution in [0.2, 0.25) is 0 Å². The van der Waals surface area contributed by atoms with Crippen molar-refractivity contribution in [2.24, 2.45) is 0 Å². The van der Waals surface area contributed by atoms with Crippen LogP contribution in [0.1, 0.15) is 6.42 Å². The Balaban J connectivity index is 0.000000360. The van der Waals surface area contributed by atoms with Crippen LogP contribution >= 0.6 is 0 Å². The summed E-state index contributed by atoms with van der Waals surface area (Å²) in [4.78, 5) is 0. The summed E-state index contributed by atoms with van der Waals surface area (Å²) in [6.07, 6.45) is 1.25. The van der Waals surface area contributed by atoms with E-state index >= 15 is 0 Å². The van der Waals surface area contributed by atoms with Gasteiger partial charge >= 0.3 is 0 Å². The molecular weight excluding hydrogens is 179 g/mol. The predicted molar refractivity (Wildman–Crippen MR) is 24.9 cm³/mol. The third-order valence-corrected chi connectivity index (χ3v) is 0.846. The number of hydrogen-bond donors (Lipinski definition) is 2. The Morgan fingerprint density at radius 1 is 1.14 bits per heavy atom. The van der Waals surface area contributed by atoms with Gasteiger partial charge in [-0.15, -0.1) is 0 Å². The molecule has 1 radical (unpaired) electrons. The summed E-state index contributed by atoms with van der Waals surface area (Å²) in [5, 5.41) is 6.10. The molecule has 1 aliphatic heterocycles. The van der Waals surface area contributed by atoms with Gasteiger partial charge in [0, 0.05) is 19.5 Å². The molecule has 1 heterocycles. The summed E-state index contributed by atoms with van der Waals surface area (Å²) in [7, 11) is 0. The molecule has 0 atom stereocenters. The van der Waals surface area contributed by atoms with Gasteiger partial charge in [0.2, 0.25) is 0 Å². The van der Waals surface area contributed by atoms with Crippen LogP contribution in [-0.4, -0.2) is 13.1 Å². The molecule has 45 valence electrons. The average Bonchev–Trinajstić information content (AvgIpc) is 1.72. The first-order valence-corrected chi connectivity index (χ1v) is 2.28. The Bertz CT molecular complexity index is 25.2. The smallest absolute Gasteiger partial charge is 0 e. The van der Waals surface area contributed by atoms with E-state index in [9.17, 15) is 0 Å². The van der Waals surface area contributed by atoms with Crippen LogP contribution in [0.15, 0.2) is 0 Å². The fourth-order valence-corrected chi connectivity index (χ4v) is 0.509. The Hall–Kier alpha value is 0.543. The van der Waals surface area contributed by atoms with Gasteiger partial charge in [0.1, 0.15) is 0 Å². The molecule has 7 heavy (non-hydrogen) atoms. The quantitative estimate of drug-likeness (QED) is 0.402. The molecule has 0 amide bonds. The fourth-order valence-electron chi connectivity index (χ4n) is 0.509. The summed E-state index contributed by atoms with van der Waals surface area (Å²) in [6, 6.07) is 0. The standard InChI is InChI=1S/C4H9N2.Rh/c1-2-5-4-6-3-1;/h4-6H,1-3H2;/q-1;. The van der Waals surface area contributed by atoms with Gasteiger partial charge in [-0.1, -0.05) is 0 Å². The van der Waals surface area contributed by atoms with E-state index in [-0.39, 0.29) is 19.5 Å². The zero-order valence-electron chi connectivity index (χ0n) is 4.03. The van der Waals surface area contributed by atoms with Crippen molar-refractivity contribution in [3.63, 3.8) is 0 Å². The van der Waals surface area contributed by atoms with Crippen molar-refractivity contribution in [1.82, 2.24) is 10.6 Å². The zero-order valence-corrected chi connectivity index (χ0v) is 5.67. The minimum atomic E-state index is 0. The van der Waals surface area contributed by atoms with Gasteiger partial charge in [0.05, 0.1) is 0 Å². The first kappa shape index (κ1) is 7.54. The van der Waals surface area contributed by atoms with Gasteiger partial charge in [-0.05, 0) is 19.5 Å². The zero-order chi connectivity index (χ0) is 4.24. The maximum atomic E-state index is 3.05. The second kappa shape index (κ2) is 4.70. The van der Waals surface area contributed by atoms with E-state index in [4.69, 9.17) is 0 Å². The largest absolute Gasteiger partial charge is 0.456 e. The van der Waals surface area contributed by atoms with Gasteiger partial charge in [-0.3, -0.25) is 0 Å². The molecule has 0 aliphatic carbocycles. The molecule has 1 saturated heterocycles. The van der Waals surface area contributed by atoms with Crippen molar-refractivity contribution in [3.8, 4) is 0 Å². The first-order valence-electron chi connectivity index (χ1n) is 2.28. The van der Waals surface area contributed by atoms with Crippen molar-refractivity contribution in [1.29, 1.82) is 0 Å². The van der Waals surface area contributed by atoms with Crippen LogP contribution in [0, 0.1) is 6.67 Å². The number of hydrogen-bond acceptors (Lipinski definition) is 2. The van der Waals surface area contributed by atoms with Crippen molar-refractivity contribution >= 4 is 0 Å². The molecule has 0 unspecified atom stereocenters. The van der Waals surface area contributed by atoms with Gasteiger partial charge in [0.15, 0.2) is 0 Å². The van der Waals surface area contributed by atoms with E-state index in [2.05, 4.69) is 10.6 Å². The Labute approximate surface area is 56.8 Å². The SMILES string of the molecule is [CH-]1NCCCN1.[Rh]. The summed E-state index contributed by atoms with van der Waals surface area (Å²) in [5.41, 5.74) is 0. The molecule has 3 heteroatoms. The maximum Gasteiger partial charge on any atom is 0 e.